The number of rotatable bonds is 7. The largest absolute Gasteiger partial charge is 0.495 e. The molecule has 0 aliphatic rings. The van der Waals surface area contributed by atoms with Gasteiger partial charge in [0.2, 0.25) is 5.91 Å². The average molecular weight is 482 g/mol. The van der Waals surface area contributed by atoms with Crippen LogP contribution in [0.1, 0.15) is 5.56 Å². The number of hydrogen-bond donors (Lipinski definition) is 1. The van der Waals surface area contributed by atoms with Gasteiger partial charge < -0.3 is 14.8 Å². The van der Waals surface area contributed by atoms with E-state index in [1.54, 1.807) is 24.3 Å². The van der Waals surface area contributed by atoms with Crippen molar-refractivity contribution in [2.45, 2.75) is 13.1 Å². The van der Waals surface area contributed by atoms with Gasteiger partial charge in [-0.2, -0.15) is 0 Å². The summed E-state index contributed by atoms with van der Waals surface area (Å²) in [7, 11) is 2.90. The van der Waals surface area contributed by atoms with Crippen molar-refractivity contribution in [2.24, 2.45) is 0 Å². The van der Waals surface area contributed by atoms with E-state index < -0.39 is 23.7 Å². The minimum atomic E-state index is -0.684. The summed E-state index contributed by atoms with van der Waals surface area (Å²) >= 11 is 6.18. The predicted molar refractivity (Wildman–Crippen MR) is 127 cm³/mol. The normalized spacial score (nSPS) is 10.8. The Morgan fingerprint density at radius 3 is 2.41 bits per heavy atom. The Bertz CT molecular complexity index is 1480. The number of aromatic nitrogens is 4. The van der Waals surface area contributed by atoms with Crippen molar-refractivity contribution in [1.82, 2.24) is 19.1 Å². The zero-order valence-electron chi connectivity index (χ0n) is 18.3. The van der Waals surface area contributed by atoms with Gasteiger partial charge in [0.1, 0.15) is 18.0 Å². The second-order valence-corrected chi connectivity index (χ2v) is 7.62. The molecule has 2 heterocycles. The van der Waals surface area contributed by atoms with Crippen LogP contribution < -0.4 is 26.0 Å². The van der Waals surface area contributed by atoms with Crippen molar-refractivity contribution in [3.8, 4) is 11.5 Å². The molecule has 174 valence electrons. The van der Waals surface area contributed by atoms with E-state index in [0.29, 0.717) is 17.2 Å². The number of anilines is 1. The summed E-state index contributed by atoms with van der Waals surface area (Å²) in [6.07, 6.45) is 2.71. The highest BCUT2D eigenvalue weighted by Gasteiger charge is 2.19. The topological polar surface area (TPSA) is 117 Å². The number of methoxy groups -OCH3 is 2. The molecular weight excluding hydrogens is 462 g/mol. The van der Waals surface area contributed by atoms with E-state index in [4.69, 9.17) is 21.1 Å². The number of nitrogens with one attached hydrogen (secondary N) is 1. The maximum atomic E-state index is 13.3. The van der Waals surface area contributed by atoms with Crippen LogP contribution in [0.4, 0.5) is 5.69 Å². The van der Waals surface area contributed by atoms with Crippen molar-refractivity contribution < 1.29 is 14.3 Å². The van der Waals surface area contributed by atoms with Crippen molar-refractivity contribution in [3.05, 3.63) is 86.3 Å². The lowest BCUT2D eigenvalue weighted by molar-refractivity contribution is -0.116. The molecule has 34 heavy (non-hydrogen) atoms. The van der Waals surface area contributed by atoms with E-state index in [2.05, 4.69) is 15.3 Å². The summed E-state index contributed by atoms with van der Waals surface area (Å²) in [5, 5.41) is 2.95. The molecule has 0 radical (unpaired) electrons. The smallest absolute Gasteiger partial charge is 0.333 e. The van der Waals surface area contributed by atoms with E-state index in [1.165, 1.54) is 38.7 Å². The van der Waals surface area contributed by atoms with Crippen LogP contribution in [0.2, 0.25) is 5.02 Å². The van der Waals surface area contributed by atoms with Crippen molar-refractivity contribution in [1.29, 1.82) is 0 Å². The first-order valence-corrected chi connectivity index (χ1v) is 10.5. The maximum absolute atomic E-state index is 13.3. The van der Waals surface area contributed by atoms with Crippen LogP contribution in [0.3, 0.4) is 0 Å². The number of nitrogens with zero attached hydrogens (tertiary/aromatic N) is 4. The Kier molecular flexibility index (Phi) is 6.60. The summed E-state index contributed by atoms with van der Waals surface area (Å²) < 4.78 is 12.6. The van der Waals surface area contributed by atoms with Crippen LogP contribution in [-0.4, -0.2) is 39.2 Å². The van der Waals surface area contributed by atoms with Gasteiger partial charge in [0, 0.05) is 18.5 Å². The SMILES string of the molecule is COc1cc(OC)c(NC(=O)Cn2c(=O)n(Cc3ccccc3)c(=O)c3nccnc32)cc1Cl. The number of carbonyl (C=O) groups excluding carboxylic acids is 1. The number of halogens is 1. The van der Waals surface area contributed by atoms with E-state index in [1.807, 2.05) is 6.07 Å². The molecule has 0 aliphatic heterocycles. The lowest BCUT2D eigenvalue weighted by atomic mass is 10.2. The van der Waals surface area contributed by atoms with Crippen LogP contribution in [0.15, 0.2) is 64.4 Å². The second kappa shape index (κ2) is 9.75. The van der Waals surface area contributed by atoms with Crippen molar-refractivity contribution in [3.63, 3.8) is 0 Å². The first kappa shape index (κ1) is 23.0. The molecule has 0 aliphatic carbocycles. The number of benzene rings is 2. The van der Waals surface area contributed by atoms with Crippen LogP contribution in [0, 0.1) is 0 Å². The Balaban J connectivity index is 1.73. The molecule has 2 aromatic heterocycles. The van der Waals surface area contributed by atoms with Gasteiger partial charge in [-0.05, 0) is 11.6 Å². The molecule has 0 bridgehead atoms. The van der Waals surface area contributed by atoms with Gasteiger partial charge in [-0.3, -0.25) is 18.7 Å². The Labute approximate surface area is 198 Å². The van der Waals surface area contributed by atoms with Gasteiger partial charge in [-0.1, -0.05) is 41.9 Å². The molecule has 4 aromatic rings. The van der Waals surface area contributed by atoms with Crippen molar-refractivity contribution in [2.75, 3.05) is 19.5 Å². The second-order valence-electron chi connectivity index (χ2n) is 7.21. The zero-order valence-corrected chi connectivity index (χ0v) is 19.1. The standard InChI is InChI=1S/C23H20ClN5O5/c1-33-17-11-18(34-2)16(10-15(17)24)27-19(30)13-28-21-20(25-8-9-26-21)22(31)29(23(28)32)12-14-6-4-3-5-7-14/h3-11H,12-13H2,1-2H3,(H,27,30). The van der Waals surface area contributed by atoms with E-state index in [-0.39, 0.29) is 22.7 Å². The van der Waals surface area contributed by atoms with Gasteiger partial charge in [0.15, 0.2) is 11.2 Å². The molecule has 0 atom stereocenters. The fourth-order valence-corrected chi connectivity index (χ4v) is 3.71. The van der Waals surface area contributed by atoms with Crippen LogP contribution in [-0.2, 0) is 17.9 Å². The first-order chi connectivity index (χ1) is 16.4. The third-order valence-corrected chi connectivity index (χ3v) is 5.37. The highest BCUT2D eigenvalue weighted by Crippen LogP contribution is 2.35. The van der Waals surface area contributed by atoms with E-state index in [0.717, 1.165) is 14.7 Å². The van der Waals surface area contributed by atoms with Gasteiger partial charge in [-0.15, -0.1) is 0 Å². The van der Waals surface area contributed by atoms with E-state index >= 15 is 0 Å². The van der Waals surface area contributed by atoms with Gasteiger partial charge in [0.25, 0.3) is 5.56 Å². The lowest BCUT2D eigenvalue weighted by Gasteiger charge is -2.15. The molecule has 10 nitrogen and oxygen atoms in total. The van der Waals surface area contributed by atoms with Gasteiger partial charge in [0.05, 0.1) is 31.5 Å². The summed E-state index contributed by atoms with van der Waals surface area (Å²) in [5.41, 5.74) is -0.237. The highest BCUT2D eigenvalue weighted by molar-refractivity contribution is 6.32. The average Bonchev–Trinajstić information content (AvgIpc) is 2.85. The number of fused-ring (bicyclic) bond motifs is 1. The van der Waals surface area contributed by atoms with E-state index in [9.17, 15) is 14.4 Å². The third-order valence-electron chi connectivity index (χ3n) is 5.08. The first-order valence-electron chi connectivity index (χ1n) is 10.1. The molecule has 1 N–H and O–H groups in total. The summed E-state index contributed by atoms with van der Waals surface area (Å²) in [6, 6.07) is 12.0. The summed E-state index contributed by atoms with van der Waals surface area (Å²) in [4.78, 5) is 47.4. The third kappa shape index (κ3) is 4.48. The number of amides is 1. The monoisotopic (exact) mass is 481 g/mol. The number of carbonyl (C=O) groups is 1. The predicted octanol–water partition coefficient (Wildman–Crippen LogP) is 2.31. The molecule has 0 saturated carbocycles. The summed E-state index contributed by atoms with van der Waals surface area (Å²) in [6.45, 7) is -0.398. The summed E-state index contributed by atoms with van der Waals surface area (Å²) in [5.74, 6) is 0.140. The highest BCUT2D eigenvalue weighted by atomic mass is 35.5. The van der Waals surface area contributed by atoms with Gasteiger partial charge >= 0.3 is 5.69 Å². The van der Waals surface area contributed by atoms with Crippen LogP contribution >= 0.6 is 11.6 Å². The molecule has 11 heteroatoms. The fraction of sp³-hybridized carbons (Fsp3) is 0.174. The molecule has 2 aromatic carbocycles. The molecule has 0 unspecified atom stereocenters. The minimum Gasteiger partial charge on any atom is -0.495 e. The lowest BCUT2D eigenvalue weighted by Crippen LogP contribution is -2.42. The fourth-order valence-electron chi connectivity index (χ4n) is 3.47. The van der Waals surface area contributed by atoms with Crippen LogP contribution in [0.25, 0.3) is 11.2 Å². The zero-order chi connectivity index (χ0) is 24.2. The molecule has 4 rings (SSSR count). The molecule has 0 spiro atoms. The molecule has 1 amide bonds. The van der Waals surface area contributed by atoms with Crippen molar-refractivity contribution >= 4 is 34.4 Å². The quantitative estimate of drug-likeness (QED) is 0.430. The number of hydrogen-bond acceptors (Lipinski definition) is 7. The molecular formula is C23H20ClN5O5. The van der Waals surface area contributed by atoms with Crippen LogP contribution in [0.5, 0.6) is 11.5 Å². The minimum absolute atomic E-state index is 0.0108. The Morgan fingerprint density at radius 1 is 1.00 bits per heavy atom. The number of ether oxygens (including phenoxy) is 2. The molecule has 0 fully saturated rings. The maximum Gasteiger partial charge on any atom is 0.333 e. The van der Waals surface area contributed by atoms with Gasteiger partial charge in [-0.25, -0.2) is 14.8 Å². The molecule has 0 saturated heterocycles. The Morgan fingerprint density at radius 2 is 1.71 bits per heavy atom. The Hall–Kier alpha value is -4.18.